The molecule has 0 bridgehead atoms. The van der Waals surface area contributed by atoms with E-state index in [4.69, 9.17) is 20.1 Å². The zero-order valence-electron chi connectivity index (χ0n) is 34.6. The molecular formula is C46H82O6. The molecule has 0 spiro atoms. The number of carbonyl (C=O) groups is 2. The van der Waals surface area contributed by atoms with E-state index in [-0.39, 0.29) is 6.10 Å². The van der Waals surface area contributed by atoms with Gasteiger partial charge in [0.05, 0.1) is 6.10 Å². The fraction of sp³-hybridized carbons (Fsp3) is 0.870. The van der Waals surface area contributed by atoms with Crippen LogP contribution < -0.4 is 0 Å². The van der Waals surface area contributed by atoms with Crippen LogP contribution in [0.1, 0.15) is 202 Å². The Hall–Kier alpha value is -1.82. The van der Waals surface area contributed by atoms with Crippen LogP contribution >= 0.6 is 0 Å². The molecule has 6 nitrogen and oxygen atoms in total. The van der Waals surface area contributed by atoms with Gasteiger partial charge in [0.1, 0.15) is 0 Å². The smallest absolute Gasteiger partial charge is 0.481 e. The monoisotopic (exact) mass is 731 g/mol. The molecule has 52 heavy (non-hydrogen) atoms. The summed E-state index contributed by atoms with van der Waals surface area (Å²) in [4.78, 5) is 18.9. The molecule has 0 aromatic rings. The van der Waals surface area contributed by atoms with E-state index in [0.717, 1.165) is 61.2 Å². The summed E-state index contributed by atoms with van der Waals surface area (Å²) in [6.45, 7) is 14.8. The predicted octanol–water partition coefficient (Wildman–Crippen LogP) is 13.7. The number of rotatable bonds is 20. The van der Waals surface area contributed by atoms with Crippen LogP contribution in [-0.4, -0.2) is 38.7 Å². The summed E-state index contributed by atoms with van der Waals surface area (Å²) in [5.74, 6) is 4.79. The molecule has 3 fully saturated rings. The van der Waals surface area contributed by atoms with Gasteiger partial charge in [-0.3, -0.25) is 4.79 Å². The number of aliphatic carboxylic acids is 1. The van der Waals surface area contributed by atoms with E-state index in [1.807, 2.05) is 0 Å². The highest BCUT2D eigenvalue weighted by molar-refractivity contribution is 5.66. The van der Waals surface area contributed by atoms with Crippen molar-refractivity contribution in [2.24, 2.45) is 46.3 Å². The standard InChI is InChI=1S/C27H46O.C18H34O2.CH2O3/c1-18(2)7-6-8-19(3)23-11-12-24-22-10-9-20-17-21(28)13-15-26(20,4)25(22)14-16-27(23,24)5;1-2-3-4-5-6-7-8-9-10-11-12-13-14-15-16-17-18(19)20;2-1(3)4/h9,18-19,21-25,28H,6-8,10-17H2,1-5H3;9-10H,2-8,11-17H2,1H3,(H,19,20);(H2,2,3,4)/b;10-9-;/t19?,21-,22-,23+,24-,25-,26-,27+;;/m0../s1. The highest BCUT2D eigenvalue weighted by Crippen LogP contribution is 2.67. The van der Waals surface area contributed by atoms with Gasteiger partial charge in [0.25, 0.3) is 0 Å². The lowest BCUT2D eigenvalue weighted by atomic mass is 9.47. The van der Waals surface area contributed by atoms with Gasteiger partial charge in [-0.25, -0.2) is 4.79 Å². The quantitative estimate of drug-likeness (QED) is 0.0732. The third-order valence-corrected chi connectivity index (χ3v) is 13.9. The third-order valence-electron chi connectivity index (χ3n) is 13.9. The lowest BCUT2D eigenvalue weighted by Gasteiger charge is -2.58. The minimum Gasteiger partial charge on any atom is -0.481 e. The maximum atomic E-state index is 10.3. The Morgan fingerprint density at radius 1 is 0.769 bits per heavy atom. The van der Waals surface area contributed by atoms with Crippen LogP contribution in [0.5, 0.6) is 0 Å². The summed E-state index contributed by atoms with van der Waals surface area (Å²) in [7, 11) is 0. The second-order valence-electron chi connectivity index (χ2n) is 18.2. The van der Waals surface area contributed by atoms with Gasteiger partial charge < -0.3 is 20.4 Å². The number of hydrogen-bond donors (Lipinski definition) is 4. The Bertz CT molecular complexity index is 1060. The Morgan fingerprint density at radius 2 is 1.37 bits per heavy atom. The van der Waals surface area contributed by atoms with Crippen molar-refractivity contribution in [1.82, 2.24) is 0 Å². The van der Waals surface area contributed by atoms with Crippen molar-refractivity contribution < 1.29 is 30.0 Å². The van der Waals surface area contributed by atoms with E-state index < -0.39 is 12.1 Å². The maximum Gasteiger partial charge on any atom is 0.503 e. The number of carboxylic acids is 1. The summed E-state index contributed by atoms with van der Waals surface area (Å²) in [5, 5.41) is 32.7. The number of allylic oxidation sites excluding steroid dienone is 3. The Balaban J connectivity index is 0.000000344. The van der Waals surface area contributed by atoms with Crippen LogP contribution in [0.2, 0.25) is 0 Å². The number of fused-ring (bicyclic) bond motifs is 5. The van der Waals surface area contributed by atoms with Crippen molar-refractivity contribution >= 4 is 12.1 Å². The first-order valence-corrected chi connectivity index (χ1v) is 21.9. The van der Waals surface area contributed by atoms with Crippen LogP contribution in [-0.2, 0) is 4.79 Å². The van der Waals surface area contributed by atoms with Crippen molar-refractivity contribution in [1.29, 1.82) is 0 Å². The molecule has 0 amide bonds. The molecule has 0 saturated heterocycles. The molecule has 6 heteroatoms. The Kier molecular flexibility index (Phi) is 21.9. The minimum absolute atomic E-state index is 0.0766. The summed E-state index contributed by atoms with van der Waals surface area (Å²) < 4.78 is 0. The second kappa shape index (κ2) is 24.6. The molecule has 3 saturated carbocycles. The number of unbranched alkanes of at least 4 members (excludes halogenated alkanes) is 11. The van der Waals surface area contributed by atoms with Crippen molar-refractivity contribution in [2.75, 3.05) is 0 Å². The summed E-state index contributed by atoms with van der Waals surface area (Å²) >= 11 is 0. The molecule has 302 valence electrons. The average Bonchev–Trinajstić information content (AvgIpc) is 3.44. The van der Waals surface area contributed by atoms with Gasteiger partial charge >= 0.3 is 12.1 Å². The maximum absolute atomic E-state index is 10.3. The molecule has 8 atom stereocenters. The molecule has 4 aliphatic carbocycles. The lowest BCUT2D eigenvalue weighted by Crippen LogP contribution is -2.50. The highest BCUT2D eigenvalue weighted by Gasteiger charge is 2.59. The highest BCUT2D eigenvalue weighted by atomic mass is 16.6. The fourth-order valence-electron chi connectivity index (χ4n) is 11.0. The number of hydrogen-bond acceptors (Lipinski definition) is 3. The van der Waals surface area contributed by atoms with Gasteiger partial charge in [-0.05, 0) is 130 Å². The van der Waals surface area contributed by atoms with Gasteiger partial charge in [-0.15, -0.1) is 0 Å². The van der Waals surface area contributed by atoms with E-state index in [1.54, 1.807) is 5.57 Å². The molecule has 1 unspecified atom stereocenters. The third kappa shape index (κ3) is 15.5. The van der Waals surface area contributed by atoms with Crippen LogP contribution in [0.15, 0.2) is 23.8 Å². The normalized spacial score (nSPS) is 29.8. The van der Waals surface area contributed by atoms with Crippen LogP contribution in [0.4, 0.5) is 4.79 Å². The molecule has 4 aliphatic rings. The number of aliphatic hydroxyl groups is 1. The van der Waals surface area contributed by atoms with Crippen molar-refractivity contribution in [3.63, 3.8) is 0 Å². The number of aliphatic hydroxyl groups excluding tert-OH is 1. The first-order valence-electron chi connectivity index (χ1n) is 21.9. The largest absolute Gasteiger partial charge is 0.503 e. The van der Waals surface area contributed by atoms with Crippen LogP contribution in [0.25, 0.3) is 0 Å². The Labute approximate surface area is 319 Å². The minimum atomic E-state index is -1.83. The fourth-order valence-corrected chi connectivity index (χ4v) is 11.0. The molecule has 0 aliphatic heterocycles. The SMILES string of the molecule is CC(C)CCCC(C)[C@H]1CC[C@H]2[C@@H]3CC=C4C[C@@H](O)CC[C@]4(C)[C@H]3CC[C@]12C.CCCCCCCC/C=C\CCCCCCCC(=O)O.O=C(O)O. The van der Waals surface area contributed by atoms with Crippen LogP contribution in [0.3, 0.4) is 0 Å². The van der Waals surface area contributed by atoms with Gasteiger partial charge in [0.15, 0.2) is 0 Å². The molecule has 4 rings (SSSR count). The van der Waals surface area contributed by atoms with E-state index in [1.165, 1.54) is 128 Å². The second-order valence-corrected chi connectivity index (χ2v) is 18.2. The van der Waals surface area contributed by atoms with E-state index >= 15 is 0 Å². The van der Waals surface area contributed by atoms with Crippen LogP contribution in [0, 0.1) is 46.3 Å². The van der Waals surface area contributed by atoms with Crippen molar-refractivity contribution in [3.05, 3.63) is 23.8 Å². The zero-order valence-corrected chi connectivity index (χ0v) is 34.6. The first kappa shape index (κ1) is 46.3. The van der Waals surface area contributed by atoms with Gasteiger partial charge in [0, 0.05) is 6.42 Å². The van der Waals surface area contributed by atoms with E-state index in [9.17, 15) is 9.90 Å². The zero-order chi connectivity index (χ0) is 38.6. The van der Waals surface area contributed by atoms with Gasteiger partial charge in [0.2, 0.25) is 0 Å². The van der Waals surface area contributed by atoms with Crippen molar-refractivity contribution in [3.8, 4) is 0 Å². The molecule has 0 aromatic carbocycles. The summed E-state index contributed by atoms with van der Waals surface area (Å²) in [6, 6.07) is 0. The molecule has 4 N–H and O–H groups in total. The predicted molar refractivity (Wildman–Crippen MR) is 217 cm³/mol. The molecular weight excluding hydrogens is 649 g/mol. The van der Waals surface area contributed by atoms with E-state index in [2.05, 4.69) is 59.8 Å². The topological polar surface area (TPSA) is 115 Å². The summed E-state index contributed by atoms with van der Waals surface area (Å²) in [5.41, 5.74) is 2.60. The molecule has 0 aromatic heterocycles. The average molecular weight is 731 g/mol. The Morgan fingerprint density at radius 3 is 1.96 bits per heavy atom. The molecule has 0 heterocycles. The lowest BCUT2D eigenvalue weighted by molar-refractivity contribution is -0.137. The van der Waals surface area contributed by atoms with Crippen molar-refractivity contribution in [2.45, 2.75) is 208 Å². The first-order chi connectivity index (χ1) is 24.8. The van der Waals surface area contributed by atoms with E-state index in [0.29, 0.717) is 17.3 Å². The molecule has 0 radical (unpaired) electrons. The van der Waals surface area contributed by atoms with Gasteiger partial charge in [-0.2, -0.15) is 0 Å². The summed E-state index contributed by atoms with van der Waals surface area (Å²) in [6.07, 6.45) is 36.6. The number of carboxylic acid groups (broad SMARTS) is 3. The van der Waals surface area contributed by atoms with Gasteiger partial charge in [-0.1, -0.05) is 136 Å².